The standard InChI is InChI=1S/C13H13F2NO5/c14-13(15)21-9-3-1-8(2-4-9)11(17)16-5-6-20-7-10(16)12(18)19/h1-4,10,13H,5-7H2,(H,18,19). The second kappa shape index (κ2) is 6.49. The number of rotatable bonds is 4. The van der Waals surface area contributed by atoms with E-state index in [-0.39, 0.29) is 31.1 Å². The molecule has 1 N–H and O–H groups in total. The van der Waals surface area contributed by atoms with Gasteiger partial charge in [-0.15, -0.1) is 0 Å². The van der Waals surface area contributed by atoms with E-state index in [1.807, 2.05) is 0 Å². The van der Waals surface area contributed by atoms with Gasteiger partial charge in [0.1, 0.15) is 5.75 Å². The molecule has 8 heteroatoms. The molecule has 21 heavy (non-hydrogen) atoms. The van der Waals surface area contributed by atoms with Crippen LogP contribution in [-0.2, 0) is 9.53 Å². The lowest BCUT2D eigenvalue weighted by Crippen LogP contribution is -2.52. The van der Waals surface area contributed by atoms with Crippen molar-refractivity contribution in [2.75, 3.05) is 19.8 Å². The van der Waals surface area contributed by atoms with Gasteiger partial charge in [-0.2, -0.15) is 8.78 Å². The van der Waals surface area contributed by atoms with Crippen molar-refractivity contribution in [2.24, 2.45) is 0 Å². The van der Waals surface area contributed by atoms with Gasteiger partial charge in [-0.3, -0.25) is 4.79 Å². The predicted octanol–water partition coefficient (Wildman–Crippen LogP) is 1.21. The molecule has 1 saturated heterocycles. The number of carbonyl (C=O) groups excluding carboxylic acids is 1. The number of benzene rings is 1. The zero-order chi connectivity index (χ0) is 15.4. The quantitative estimate of drug-likeness (QED) is 0.904. The Balaban J connectivity index is 2.12. The molecule has 1 aromatic rings. The largest absolute Gasteiger partial charge is 0.480 e. The summed E-state index contributed by atoms with van der Waals surface area (Å²) in [6.07, 6.45) is 0. The van der Waals surface area contributed by atoms with E-state index in [0.29, 0.717) is 0 Å². The molecular weight excluding hydrogens is 288 g/mol. The predicted molar refractivity (Wildman–Crippen MR) is 66.4 cm³/mol. The summed E-state index contributed by atoms with van der Waals surface area (Å²) in [5.41, 5.74) is 0.199. The first-order valence-electron chi connectivity index (χ1n) is 6.15. The Morgan fingerprint density at radius 3 is 2.57 bits per heavy atom. The Bertz CT molecular complexity index is 520. The van der Waals surface area contributed by atoms with E-state index in [4.69, 9.17) is 9.84 Å². The number of morpholine rings is 1. The average Bonchev–Trinajstić information content (AvgIpc) is 2.46. The maximum Gasteiger partial charge on any atom is 0.387 e. The number of hydrogen-bond donors (Lipinski definition) is 1. The second-order valence-electron chi connectivity index (χ2n) is 4.33. The summed E-state index contributed by atoms with van der Waals surface area (Å²) in [5, 5.41) is 9.07. The zero-order valence-electron chi connectivity index (χ0n) is 10.9. The Morgan fingerprint density at radius 1 is 1.33 bits per heavy atom. The Morgan fingerprint density at radius 2 is 2.00 bits per heavy atom. The number of alkyl halides is 2. The first kappa shape index (κ1) is 15.2. The van der Waals surface area contributed by atoms with Gasteiger partial charge in [0, 0.05) is 12.1 Å². The molecule has 6 nitrogen and oxygen atoms in total. The van der Waals surface area contributed by atoms with Gasteiger partial charge in [0.05, 0.1) is 13.2 Å². The van der Waals surface area contributed by atoms with E-state index >= 15 is 0 Å². The van der Waals surface area contributed by atoms with E-state index < -0.39 is 24.5 Å². The van der Waals surface area contributed by atoms with Crippen molar-refractivity contribution >= 4 is 11.9 Å². The monoisotopic (exact) mass is 301 g/mol. The Labute approximate surface area is 118 Å². The summed E-state index contributed by atoms with van der Waals surface area (Å²) >= 11 is 0. The lowest BCUT2D eigenvalue weighted by atomic mass is 10.1. The molecule has 1 aliphatic heterocycles. The van der Waals surface area contributed by atoms with Crippen LogP contribution >= 0.6 is 0 Å². The van der Waals surface area contributed by atoms with Crippen molar-refractivity contribution in [3.63, 3.8) is 0 Å². The molecule has 1 aromatic carbocycles. The highest BCUT2D eigenvalue weighted by molar-refractivity contribution is 5.96. The first-order chi connectivity index (χ1) is 9.99. The fourth-order valence-electron chi connectivity index (χ4n) is 2.00. The van der Waals surface area contributed by atoms with Gasteiger partial charge in [-0.25, -0.2) is 4.79 Å². The Kier molecular flexibility index (Phi) is 4.69. The SMILES string of the molecule is O=C(O)C1COCCN1C(=O)c1ccc(OC(F)F)cc1. The highest BCUT2D eigenvalue weighted by atomic mass is 19.3. The van der Waals surface area contributed by atoms with Gasteiger partial charge in [0.15, 0.2) is 6.04 Å². The van der Waals surface area contributed by atoms with Crippen LogP contribution in [0.4, 0.5) is 8.78 Å². The van der Waals surface area contributed by atoms with E-state index in [2.05, 4.69) is 4.74 Å². The molecule has 0 aromatic heterocycles. The van der Waals surface area contributed by atoms with Gasteiger partial charge in [0.25, 0.3) is 5.91 Å². The number of aliphatic carboxylic acids is 1. The van der Waals surface area contributed by atoms with Crippen LogP contribution in [0.3, 0.4) is 0 Å². The minimum atomic E-state index is -2.94. The number of halogens is 2. The minimum absolute atomic E-state index is 0.0710. The molecule has 0 aliphatic carbocycles. The first-order valence-corrected chi connectivity index (χ1v) is 6.15. The fraction of sp³-hybridized carbons (Fsp3) is 0.385. The highest BCUT2D eigenvalue weighted by Crippen LogP contribution is 2.18. The molecule has 0 spiro atoms. The van der Waals surface area contributed by atoms with Crippen molar-refractivity contribution in [2.45, 2.75) is 12.7 Å². The molecule has 114 valence electrons. The maximum atomic E-state index is 12.3. The molecule has 1 amide bonds. The fourth-order valence-corrected chi connectivity index (χ4v) is 2.00. The lowest BCUT2D eigenvalue weighted by Gasteiger charge is -2.32. The van der Waals surface area contributed by atoms with Gasteiger partial charge in [-0.05, 0) is 24.3 Å². The number of hydrogen-bond acceptors (Lipinski definition) is 4. The van der Waals surface area contributed by atoms with Crippen molar-refractivity contribution in [1.82, 2.24) is 4.90 Å². The van der Waals surface area contributed by atoms with Crippen LogP contribution in [0.1, 0.15) is 10.4 Å². The summed E-state index contributed by atoms with van der Waals surface area (Å²) < 4.78 is 33.3. The molecule has 1 heterocycles. The molecular formula is C13H13F2NO5. The summed E-state index contributed by atoms with van der Waals surface area (Å²) in [4.78, 5) is 24.6. The molecule has 0 bridgehead atoms. The summed E-state index contributed by atoms with van der Waals surface area (Å²) in [6.45, 7) is -2.61. The Hall–Kier alpha value is -2.22. The van der Waals surface area contributed by atoms with E-state index in [1.54, 1.807) is 0 Å². The van der Waals surface area contributed by atoms with Crippen LogP contribution in [0, 0.1) is 0 Å². The number of ether oxygens (including phenoxy) is 2. The third-order valence-corrected chi connectivity index (χ3v) is 3.00. The van der Waals surface area contributed by atoms with Crippen LogP contribution in [0.25, 0.3) is 0 Å². The summed E-state index contributed by atoms with van der Waals surface area (Å²) in [6, 6.07) is 4.04. The van der Waals surface area contributed by atoms with E-state index in [0.717, 1.165) is 0 Å². The molecule has 1 unspecified atom stereocenters. The van der Waals surface area contributed by atoms with E-state index in [1.165, 1.54) is 29.2 Å². The van der Waals surface area contributed by atoms with Crippen molar-refractivity contribution in [3.05, 3.63) is 29.8 Å². The number of carbonyl (C=O) groups is 2. The van der Waals surface area contributed by atoms with E-state index in [9.17, 15) is 18.4 Å². The van der Waals surface area contributed by atoms with Crippen molar-refractivity contribution < 1.29 is 33.0 Å². The number of carboxylic acid groups (broad SMARTS) is 1. The third-order valence-electron chi connectivity index (χ3n) is 3.00. The van der Waals surface area contributed by atoms with Crippen molar-refractivity contribution in [1.29, 1.82) is 0 Å². The van der Waals surface area contributed by atoms with Gasteiger partial charge in [0.2, 0.25) is 0 Å². The second-order valence-corrected chi connectivity index (χ2v) is 4.33. The number of carboxylic acids is 1. The zero-order valence-corrected chi connectivity index (χ0v) is 10.9. The topological polar surface area (TPSA) is 76.1 Å². The van der Waals surface area contributed by atoms with Crippen molar-refractivity contribution in [3.8, 4) is 5.75 Å². The highest BCUT2D eigenvalue weighted by Gasteiger charge is 2.33. The normalized spacial score (nSPS) is 18.6. The summed E-state index contributed by atoms with van der Waals surface area (Å²) in [5.74, 6) is -1.71. The molecule has 1 aliphatic rings. The number of amides is 1. The molecule has 1 fully saturated rings. The van der Waals surface area contributed by atoms with Crippen LogP contribution in [0.15, 0.2) is 24.3 Å². The third kappa shape index (κ3) is 3.66. The molecule has 1 atom stereocenters. The van der Waals surface area contributed by atoms with Gasteiger partial charge in [-0.1, -0.05) is 0 Å². The van der Waals surface area contributed by atoms with Gasteiger partial charge >= 0.3 is 12.6 Å². The minimum Gasteiger partial charge on any atom is -0.480 e. The van der Waals surface area contributed by atoms with Gasteiger partial charge < -0.3 is 19.5 Å². The van der Waals surface area contributed by atoms with Crippen LogP contribution in [0.2, 0.25) is 0 Å². The summed E-state index contributed by atoms with van der Waals surface area (Å²) in [7, 11) is 0. The lowest BCUT2D eigenvalue weighted by molar-refractivity contribution is -0.147. The smallest absolute Gasteiger partial charge is 0.387 e. The van der Waals surface area contributed by atoms with Crippen LogP contribution in [-0.4, -0.2) is 54.3 Å². The van der Waals surface area contributed by atoms with Crippen LogP contribution in [0.5, 0.6) is 5.75 Å². The average molecular weight is 301 g/mol. The molecule has 2 rings (SSSR count). The van der Waals surface area contributed by atoms with Crippen LogP contribution < -0.4 is 4.74 Å². The number of nitrogens with zero attached hydrogens (tertiary/aromatic N) is 1. The maximum absolute atomic E-state index is 12.3. The molecule has 0 saturated carbocycles. The molecule has 0 radical (unpaired) electrons.